The molecule has 0 saturated carbocycles. The van der Waals surface area contributed by atoms with E-state index in [-0.39, 0.29) is 12.3 Å². The summed E-state index contributed by atoms with van der Waals surface area (Å²) < 4.78 is 0. The lowest BCUT2D eigenvalue weighted by molar-refractivity contribution is -0.137. The molecule has 21 heavy (non-hydrogen) atoms. The zero-order chi connectivity index (χ0) is 15.5. The van der Waals surface area contributed by atoms with Gasteiger partial charge in [-0.25, -0.2) is 0 Å². The zero-order valence-electron chi connectivity index (χ0n) is 12.6. The highest BCUT2D eigenvalue weighted by molar-refractivity contribution is 7.09. The quantitative estimate of drug-likeness (QED) is 0.657. The number of carboxylic acid groups (broad SMARTS) is 1. The molecule has 1 amide bonds. The number of nitrogens with one attached hydrogen (secondary N) is 1. The Bertz CT molecular complexity index is 417. The molecule has 1 rings (SSSR count). The molecule has 0 radical (unpaired) electrons. The van der Waals surface area contributed by atoms with E-state index in [4.69, 9.17) is 5.11 Å². The molecule has 0 aromatic carbocycles. The number of hydrogen-bond acceptors (Lipinski definition) is 3. The number of aliphatic carboxylic acids is 1. The van der Waals surface area contributed by atoms with Crippen molar-refractivity contribution in [2.24, 2.45) is 5.92 Å². The van der Waals surface area contributed by atoms with Crippen LogP contribution in [0.25, 0.3) is 0 Å². The SMILES string of the molecule is CCCC(CCNC(=O)CCc1cccs1)CCC(=O)O. The minimum Gasteiger partial charge on any atom is -0.481 e. The van der Waals surface area contributed by atoms with Crippen LogP contribution in [0.15, 0.2) is 17.5 Å². The molecule has 5 heteroatoms. The first kappa shape index (κ1) is 17.7. The van der Waals surface area contributed by atoms with Gasteiger partial charge in [-0.3, -0.25) is 9.59 Å². The molecule has 0 aliphatic heterocycles. The summed E-state index contributed by atoms with van der Waals surface area (Å²) in [6.07, 6.45) is 5.18. The Labute approximate surface area is 130 Å². The van der Waals surface area contributed by atoms with Crippen LogP contribution in [-0.2, 0) is 16.0 Å². The second kappa shape index (κ2) is 10.4. The molecule has 0 aliphatic rings. The van der Waals surface area contributed by atoms with Crippen LogP contribution in [0.1, 0.15) is 50.3 Å². The van der Waals surface area contributed by atoms with Crippen molar-refractivity contribution in [2.75, 3.05) is 6.54 Å². The molecule has 1 heterocycles. The number of carbonyl (C=O) groups is 2. The van der Waals surface area contributed by atoms with E-state index < -0.39 is 5.97 Å². The summed E-state index contributed by atoms with van der Waals surface area (Å²) in [6, 6.07) is 4.04. The maximum Gasteiger partial charge on any atom is 0.303 e. The van der Waals surface area contributed by atoms with E-state index in [9.17, 15) is 9.59 Å². The molecule has 0 aliphatic carbocycles. The Morgan fingerprint density at radius 3 is 2.71 bits per heavy atom. The van der Waals surface area contributed by atoms with Crippen LogP contribution in [0.5, 0.6) is 0 Å². The van der Waals surface area contributed by atoms with Gasteiger partial charge in [0, 0.05) is 24.3 Å². The van der Waals surface area contributed by atoms with E-state index in [2.05, 4.69) is 12.2 Å². The molecule has 1 aromatic rings. The second-order valence-electron chi connectivity index (χ2n) is 5.31. The lowest BCUT2D eigenvalue weighted by atomic mass is 9.94. The van der Waals surface area contributed by atoms with Gasteiger partial charge in [0.1, 0.15) is 0 Å². The van der Waals surface area contributed by atoms with Crippen LogP contribution in [0.2, 0.25) is 0 Å². The molecule has 1 aromatic heterocycles. The molecule has 0 saturated heterocycles. The standard InChI is InChI=1S/C16H25NO3S/c1-2-4-13(6-9-16(19)20)10-11-17-15(18)8-7-14-5-3-12-21-14/h3,5,12-13H,2,4,6-11H2,1H3,(H,17,18)(H,19,20). The molecule has 1 unspecified atom stereocenters. The fraction of sp³-hybridized carbons (Fsp3) is 0.625. The van der Waals surface area contributed by atoms with E-state index in [0.29, 0.717) is 25.3 Å². The van der Waals surface area contributed by atoms with Crippen molar-refractivity contribution in [3.8, 4) is 0 Å². The van der Waals surface area contributed by atoms with Crippen molar-refractivity contribution >= 4 is 23.2 Å². The Morgan fingerprint density at radius 1 is 1.29 bits per heavy atom. The largest absolute Gasteiger partial charge is 0.481 e. The van der Waals surface area contributed by atoms with Gasteiger partial charge in [-0.1, -0.05) is 25.8 Å². The lowest BCUT2D eigenvalue weighted by Gasteiger charge is -2.15. The first-order valence-electron chi connectivity index (χ1n) is 7.62. The average molecular weight is 311 g/mol. The molecule has 0 fully saturated rings. The highest BCUT2D eigenvalue weighted by Gasteiger charge is 2.11. The highest BCUT2D eigenvalue weighted by Crippen LogP contribution is 2.17. The van der Waals surface area contributed by atoms with Gasteiger partial charge in [-0.15, -0.1) is 11.3 Å². The Hall–Kier alpha value is -1.36. The summed E-state index contributed by atoms with van der Waals surface area (Å²) in [6.45, 7) is 2.75. The number of rotatable bonds is 11. The molecule has 0 bridgehead atoms. The van der Waals surface area contributed by atoms with Crippen LogP contribution in [0.4, 0.5) is 0 Å². The number of thiophene rings is 1. The van der Waals surface area contributed by atoms with Gasteiger partial charge in [-0.2, -0.15) is 0 Å². The van der Waals surface area contributed by atoms with Crippen molar-refractivity contribution in [3.05, 3.63) is 22.4 Å². The Kier molecular flexibility index (Phi) is 8.74. The first-order valence-corrected chi connectivity index (χ1v) is 8.50. The van der Waals surface area contributed by atoms with Gasteiger partial charge in [0.15, 0.2) is 0 Å². The fourth-order valence-corrected chi connectivity index (χ4v) is 3.07. The molecule has 118 valence electrons. The van der Waals surface area contributed by atoms with Crippen molar-refractivity contribution in [1.29, 1.82) is 0 Å². The molecule has 2 N–H and O–H groups in total. The fourth-order valence-electron chi connectivity index (χ4n) is 2.36. The van der Waals surface area contributed by atoms with Gasteiger partial charge >= 0.3 is 5.97 Å². The van der Waals surface area contributed by atoms with Gasteiger partial charge in [0.05, 0.1) is 0 Å². The third-order valence-corrected chi connectivity index (χ3v) is 4.45. The Balaban J connectivity index is 2.16. The third-order valence-electron chi connectivity index (χ3n) is 3.52. The summed E-state index contributed by atoms with van der Waals surface area (Å²) in [5, 5.41) is 13.7. The number of amides is 1. The van der Waals surface area contributed by atoms with Crippen LogP contribution < -0.4 is 5.32 Å². The minimum atomic E-state index is -0.740. The van der Waals surface area contributed by atoms with E-state index >= 15 is 0 Å². The van der Waals surface area contributed by atoms with Crippen LogP contribution in [0.3, 0.4) is 0 Å². The van der Waals surface area contributed by atoms with Crippen molar-refractivity contribution in [3.63, 3.8) is 0 Å². The normalized spacial score (nSPS) is 12.0. The van der Waals surface area contributed by atoms with Gasteiger partial charge < -0.3 is 10.4 Å². The lowest BCUT2D eigenvalue weighted by Crippen LogP contribution is -2.26. The minimum absolute atomic E-state index is 0.0804. The predicted molar refractivity (Wildman–Crippen MR) is 85.5 cm³/mol. The number of carboxylic acids is 1. The maximum atomic E-state index is 11.7. The average Bonchev–Trinajstić information content (AvgIpc) is 2.95. The first-order chi connectivity index (χ1) is 10.1. The molecule has 1 atom stereocenters. The summed E-state index contributed by atoms with van der Waals surface area (Å²) >= 11 is 1.67. The van der Waals surface area contributed by atoms with Crippen molar-refractivity contribution in [2.45, 2.75) is 51.9 Å². The van der Waals surface area contributed by atoms with E-state index in [1.807, 2.05) is 17.5 Å². The molecule has 0 spiro atoms. The number of aryl methyl sites for hydroxylation is 1. The van der Waals surface area contributed by atoms with Crippen LogP contribution in [0, 0.1) is 5.92 Å². The summed E-state index contributed by atoms with van der Waals surface area (Å²) in [5.74, 6) is -0.267. The number of hydrogen-bond donors (Lipinski definition) is 2. The van der Waals surface area contributed by atoms with Crippen molar-refractivity contribution in [1.82, 2.24) is 5.32 Å². The maximum absolute atomic E-state index is 11.7. The zero-order valence-corrected chi connectivity index (χ0v) is 13.5. The predicted octanol–water partition coefficient (Wildman–Crippen LogP) is 3.47. The Morgan fingerprint density at radius 2 is 2.10 bits per heavy atom. The van der Waals surface area contributed by atoms with Crippen LogP contribution in [-0.4, -0.2) is 23.5 Å². The topological polar surface area (TPSA) is 66.4 Å². The summed E-state index contributed by atoms with van der Waals surface area (Å²) in [4.78, 5) is 23.6. The molecular formula is C16H25NO3S. The smallest absolute Gasteiger partial charge is 0.303 e. The van der Waals surface area contributed by atoms with E-state index in [1.54, 1.807) is 11.3 Å². The summed E-state index contributed by atoms with van der Waals surface area (Å²) in [7, 11) is 0. The highest BCUT2D eigenvalue weighted by atomic mass is 32.1. The third kappa shape index (κ3) is 8.50. The van der Waals surface area contributed by atoms with Crippen LogP contribution >= 0.6 is 11.3 Å². The summed E-state index contributed by atoms with van der Waals surface area (Å²) in [5.41, 5.74) is 0. The monoisotopic (exact) mass is 311 g/mol. The molecule has 4 nitrogen and oxygen atoms in total. The molecular weight excluding hydrogens is 286 g/mol. The van der Waals surface area contributed by atoms with Crippen molar-refractivity contribution < 1.29 is 14.7 Å². The van der Waals surface area contributed by atoms with Gasteiger partial charge in [0.2, 0.25) is 5.91 Å². The van der Waals surface area contributed by atoms with E-state index in [0.717, 1.165) is 25.7 Å². The van der Waals surface area contributed by atoms with Gasteiger partial charge in [0.25, 0.3) is 0 Å². The number of carbonyl (C=O) groups excluding carboxylic acids is 1. The van der Waals surface area contributed by atoms with E-state index in [1.165, 1.54) is 4.88 Å². The second-order valence-corrected chi connectivity index (χ2v) is 6.34. The van der Waals surface area contributed by atoms with Gasteiger partial charge in [-0.05, 0) is 36.6 Å².